The summed E-state index contributed by atoms with van der Waals surface area (Å²) in [5.74, 6) is 0.160. The minimum absolute atomic E-state index is 0.0790. The Hall–Kier alpha value is -1.08. The lowest BCUT2D eigenvalue weighted by Crippen LogP contribution is -2.32. The van der Waals surface area contributed by atoms with Gasteiger partial charge in [0.25, 0.3) is 0 Å². The minimum atomic E-state index is -3.57. The summed E-state index contributed by atoms with van der Waals surface area (Å²) in [6.45, 7) is 5.34. The van der Waals surface area contributed by atoms with Crippen molar-refractivity contribution in [1.82, 2.24) is 14.5 Å². The van der Waals surface area contributed by atoms with Gasteiger partial charge in [-0.1, -0.05) is 6.92 Å². The van der Waals surface area contributed by atoms with Crippen molar-refractivity contribution in [3.63, 3.8) is 0 Å². The van der Waals surface area contributed by atoms with Crippen molar-refractivity contribution in [2.24, 2.45) is 7.05 Å². The fourth-order valence-corrected chi connectivity index (χ4v) is 3.05. The van der Waals surface area contributed by atoms with Gasteiger partial charge in [-0.2, -0.15) is 5.10 Å². The second kappa shape index (κ2) is 4.42. The highest BCUT2D eigenvalue weighted by Crippen LogP contribution is 2.21. The summed E-state index contributed by atoms with van der Waals surface area (Å²) in [4.78, 5) is 0.0790. The molecule has 0 fully saturated rings. The lowest BCUT2D eigenvalue weighted by Gasteiger charge is -2.11. The highest BCUT2D eigenvalue weighted by molar-refractivity contribution is 7.89. The Labute approximate surface area is 95.9 Å². The summed E-state index contributed by atoms with van der Waals surface area (Å²) in [7, 11) is -1.95. The maximum absolute atomic E-state index is 12.0. The molecule has 0 aliphatic carbocycles. The van der Waals surface area contributed by atoms with Crippen molar-refractivity contribution in [2.75, 3.05) is 5.73 Å². The molecule has 6 nitrogen and oxygen atoms in total. The van der Waals surface area contributed by atoms with E-state index in [-0.39, 0.29) is 16.8 Å². The van der Waals surface area contributed by atoms with E-state index in [9.17, 15) is 8.42 Å². The van der Waals surface area contributed by atoms with Crippen molar-refractivity contribution in [1.29, 1.82) is 0 Å². The number of aryl methyl sites for hydroxylation is 2. The molecule has 0 aliphatic rings. The molecule has 1 aromatic rings. The van der Waals surface area contributed by atoms with E-state index >= 15 is 0 Å². The van der Waals surface area contributed by atoms with Gasteiger partial charge >= 0.3 is 0 Å². The fraction of sp³-hybridized carbons (Fsp3) is 0.667. The first-order valence-electron chi connectivity index (χ1n) is 5.11. The molecular formula is C9H18N4O2S. The number of aromatic nitrogens is 2. The van der Waals surface area contributed by atoms with Gasteiger partial charge in [-0.3, -0.25) is 4.68 Å². The third kappa shape index (κ3) is 2.35. The maximum atomic E-state index is 12.0. The van der Waals surface area contributed by atoms with E-state index in [1.165, 1.54) is 4.68 Å². The zero-order valence-electron chi connectivity index (χ0n) is 9.98. The number of nitrogens with zero attached hydrogens (tertiary/aromatic N) is 2. The predicted octanol–water partition coefficient (Wildman–Crippen LogP) is 0.388. The molecule has 1 rings (SSSR count). The lowest BCUT2D eigenvalue weighted by atomic mass is 10.3. The smallest absolute Gasteiger partial charge is 0.246 e. The standard InChI is InChI=1S/C9H18N4O2S/c1-5-6(2)12-16(14,15)8-7(3)11-13(4)9(8)10/h6,12H,5,10H2,1-4H3. The van der Waals surface area contributed by atoms with E-state index < -0.39 is 10.0 Å². The first-order chi connectivity index (χ1) is 7.29. The highest BCUT2D eigenvalue weighted by atomic mass is 32.2. The van der Waals surface area contributed by atoms with Gasteiger partial charge in [-0.25, -0.2) is 13.1 Å². The van der Waals surface area contributed by atoms with Gasteiger partial charge in [0, 0.05) is 13.1 Å². The molecule has 0 saturated heterocycles. The Kier molecular flexibility index (Phi) is 3.59. The van der Waals surface area contributed by atoms with Crippen LogP contribution in [0.15, 0.2) is 4.90 Å². The Morgan fingerprint density at radius 3 is 2.50 bits per heavy atom. The number of anilines is 1. The van der Waals surface area contributed by atoms with Crippen LogP contribution in [0.3, 0.4) is 0 Å². The van der Waals surface area contributed by atoms with Gasteiger partial charge in [-0.15, -0.1) is 0 Å². The van der Waals surface area contributed by atoms with Gasteiger partial charge in [0.15, 0.2) is 0 Å². The third-order valence-electron chi connectivity index (χ3n) is 2.45. The summed E-state index contributed by atoms with van der Waals surface area (Å²) in [5.41, 5.74) is 6.10. The number of rotatable bonds is 4. The molecule has 0 aromatic carbocycles. The van der Waals surface area contributed by atoms with E-state index in [1.54, 1.807) is 20.9 Å². The summed E-state index contributed by atoms with van der Waals surface area (Å²) in [6.07, 6.45) is 0.721. The molecular weight excluding hydrogens is 228 g/mol. The molecule has 1 aromatic heterocycles. The van der Waals surface area contributed by atoms with Crippen LogP contribution in [0.1, 0.15) is 26.0 Å². The summed E-state index contributed by atoms with van der Waals surface area (Å²) < 4.78 is 27.9. The molecule has 0 saturated carbocycles. The fourth-order valence-electron chi connectivity index (χ4n) is 1.40. The van der Waals surface area contributed by atoms with Crippen LogP contribution in [-0.4, -0.2) is 24.2 Å². The molecule has 16 heavy (non-hydrogen) atoms. The highest BCUT2D eigenvalue weighted by Gasteiger charge is 2.25. The summed E-state index contributed by atoms with van der Waals surface area (Å²) in [6, 6.07) is -0.121. The third-order valence-corrected chi connectivity index (χ3v) is 4.20. The molecule has 1 atom stereocenters. The zero-order chi connectivity index (χ0) is 12.5. The number of sulfonamides is 1. The summed E-state index contributed by atoms with van der Waals surface area (Å²) in [5, 5.41) is 3.98. The lowest BCUT2D eigenvalue weighted by molar-refractivity contribution is 0.555. The predicted molar refractivity (Wildman–Crippen MR) is 62.4 cm³/mol. The number of nitrogen functional groups attached to an aromatic ring is 1. The van der Waals surface area contributed by atoms with Crippen LogP contribution in [0.25, 0.3) is 0 Å². The van der Waals surface area contributed by atoms with Crippen LogP contribution in [0, 0.1) is 6.92 Å². The molecule has 92 valence electrons. The van der Waals surface area contributed by atoms with E-state index in [0.29, 0.717) is 5.69 Å². The first-order valence-corrected chi connectivity index (χ1v) is 6.59. The van der Waals surface area contributed by atoms with Crippen molar-refractivity contribution in [3.8, 4) is 0 Å². The quantitative estimate of drug-likeness (QED) is 0.804. The topological polar surface area (TPSA) is 90.0 Å². The van der Waals surface area contributed by atoms with Gasteiger partial charge in [0.05, 0.1) is 5.69 Å². The van der Waals surface area contributed by atoms with E-state index in [1.807, 2.05) is 6.92 Å². The molecule has 1 heterocycles. The normalized spacial score (nSPS) is 14.0. The van der Waals surface area contributed by atoms with E-state index in [0.717, 1.165) is 6.42 Å². The molecule has 0 spiro atoms. The van der Waals surface area contributed by atoms with Crippen LogP contribution in [0.4, 0.5) is 5.82 Å². The molecule has 0 bridgehead atoms. The average Bonchev–Trinajstić information content (AvgIpc) is 2.40. The number of hydrogen-bond donors (Lipinski definition) is 2. The van der Waals surface area contributed by atoms with Crippen molar-refractivity contribution >= 4 is 15.8 Å². The SMILES string of the molecule is CCC(C)NS(=O)(=O)c1c(C)nn(C)c1N. The summed E-state index contributed by atoms with van der Waals surface area (Å²) >= 11 is 0. The van der Waals surface area contributed by atoms with Crippen LogP contribution < -0.4 is 10.5 Å². The average molecular weight is 246 g/mol. The largest absolute Gasteiger partial charge is 0.383 e. The van der Waals surface area contributed by atoms with E-state index in [2.05, 4.69) is 9.82 Å². The van der Waals surface area contributed by atoms with E-state index in [4.69, 9.17) is 5.73 Å². The van der Waals surface area contributed by atoms with Crippen LogP contribution in [0.2, 0.25) is 0 Å². The van der Waals surface area contributed by atoms with Crippen molar-refractivity contribution in [2.45, 2.75) is 38.1 Å². The molecule has 0 radical (unpaired) electrons. The molecule has 7 heteroatoms. The number of hydrogen-bond acceptors (Lipinski definition) is 4. The van der Waals surface area contributed by atoms with Crippen LogP contribution in [-0.2, 0) is 17.1 Å². The second-order valence-corrected chi connectivity index (χ2v) is 5.50. The zero-order valence-corrected chi connectivity index (χ0v) is 10.8. The Bertz CT molecular complexity index is 478. The maximum Gasteiger partial charge on any atom is 0.246 e. The Balaban J connectivity index is 3.17. The van der Waals surface area contributed by atoms with Crippen LogP contribution in [0.5, 0.6) is 0 Å². The Morgan fingerprint density at radius 1 is 1.56 bits per heavy atom. The number of nitrogens with one attached hydrogen (secondary N) is 1. The van der Waals surface area contributed by atoms with Gasteiger partial charge in [0.1, 0.15) is 10.7 Å². The van der Waals surface area contributed by atoms with Gasteiger partial charge < -0.3 is 5.73 Å². The number of nitrogens with two attached hydrogens (primary N) is 1. The van der Waals surface area contributed by atoms with Gasteiger partial charge in [0.2, 0.25) is 10.0 Å². The minimum Gasteiger partial charge on any atom is -0.383 e. The van der Waals surface area contributed by atoms with Crippen LogP contribution >= 0.6 is 0 Å². The van der Waals surface area contributed by atoms with Crippen molar-refractivity contribution in [3.05, 3.63) is 5.69 Å². The molecule has 0 aliphatic heterocycles. The molecule has 1 unspecified atom stereocenters. The molecule has 3 N–H and O–H groups in total. The monoisotopic (exact) mass is 246 g/mol. The van der Waals surface area contributed by atoms with Crippen molar-refractivity contribution < 1.29 is 8.42 Å². The Morgan fingerprint density at radius 2 is 2.12 bits per heavy atom. The molecule has 0 amide bonds. The van der Waals surface area contributed by atoms with Gasteiger partial charge in [-0.05, 0) is 20.3 Å². The second-order valence-electron chi connectivity index (χ2n) is 3.85. The first kappa shape index (κ1) is 13.0.